The van der Waals surface area contributed by atoms with Crippen molar-refractivity contribution in [2.24, 2.45) is 41.2 Å². The van der Waals surface area contributed by atoms with Gasteiger partial charge in [0.25, 0.3) is 0 Å². The van der Waals surface area contributed by atoms with Crippen molar-refractivity contribution in [1.29, 1.82) is 0 Å². The van der Waals surface area contributed by atoms with Crippen LogP contribution in [0.4, 0.5) is 0 Å². The summed E-state index contributed by atoms with van der Waals surface area (Å²) in [5.74, 6) is -25.9. The minimum Gasteiger partial charge on any atom is -0.481 e. The van der Waals surface area contributed by atoms with Crippen molar-refractivity contribution in [2.45, 2.75) is 174 Å². The first kappa shape index (κ1) is 76.3. The Balaban J connectivity index is 2.96. The highest BCUT2D eigenvalue weighted by Gasteiger charge is 2.45. The lowest BCUT2D eigenvalue weighted by Gasteiger charge is -2.34. The van der Waals surface area contributed by atoms with Crippen LogP contribution in [0.25, 0.3) is 0 Å². The molecule has 0 bridgehead atoms. The third kappa shape index (κ3) is 24.0. The highest BCUT2D eigenvalue weighted by molar-refractivity contribution is 6.02. The van der Waals surface area contributed by atoms with Gasteiger partial charge in [0.05, 0.1) is 30.8 Å². The standard InChI is InChI=1S/C57H88N12O20/c1-11-28(6)18-14-12-13-15-20-36(70)63-41(30(8)55(84)85)51(80)67-43-32(10)60-48(77)35-22-29(7)25-69(35)54(83)40(27(4)5)66-50(79)42(31(9)56(86)87)64-37(71)24-59-46(75)34(23-38(72)73)62-53(82)44(45(74)57(88)89)68-47(76)33(19-16-17-21-58)61-49(78)39(26(2)3)65-52(43)81/h11-13,15,20,26-35,39-45,74H,1,14,16-19,21-25,58H2,2-10H3,(H,59,75)(H,60,77)(H,61,78)(H,62,82)(H,63,70)(H,64,71)(H,65,81)(H,66,79)(H,67,80)(H,68,76)(H,72,73)(H,84,85)(H,86,87)(H,88,89)/b13-12-,20-15+/t28?,29-,30?,31?,32?,33+,34+,35+,39-,40+,41+,42-,43+,44+,45?/m1/s1. The zero-order valence-electron chi connectivity index (χ0n) is 51.4. The Morgan fingerprint density at radius 2 is 1.26 bits per heavy atom. The van der Waals surface area contributed by atoms with Crippen LogP contribution >= 0.6 is 0 Å². The van der Waals surface area contributed by atoms with Crippen molar-refractivity contribution >= 4 is 88.9 Å². The molecular formula is C57H88N12O20. The molecule has 89 heavy (non-hydrogen) atoms. The molecule has 17 N–H and O–H groups in total. The number of carboxylic acid groups (broad SMARTS) is 4. The molecular weight excluding hydrogens is 1170 g/mol. The van der Waals surface area contributed by atoms with Crippen LogP contribution < -0.4 is 58.9 Å². The fourth-order valence-electron chi connectivity index (χ4n) is 9.30. The van der Waals surface area contributed by atoms with E-state index in [4.69, 9.17) is 5.73 Å². The smallest absolute Gasteiger partial charge is 0.335 e. The van der Waals surface area contributed by atoms with Crippen molar-refractivity contribution < 1.29 is 97.5 Å². The van der Waals surface area contributed by atoms with E-state index in [2.05, 4.69) is 43.8 Å². The Hall–Kier alpha value is -8.81. The monoisotopic (exact) mass is 1260 g/mol. The van der Waals surface area contributed by atoms with Gasteiger partial charge in [0.1, 0.15) is 54.4 Å². The first-order valence-electron chi connectivity index (χ1n) is 29.1. The average Bonchev–Trinajstić information content (AvgIpc) is 2.39. The van der Waals surface area contributed by atoms with Crippen LogP contribution in [0, 0.1) is 35.5 Å². The minimum absolute atomic E-state index is 0.0315. The average molecular weight is 1260 g/mol. The summed E-state index contributed by atoms with van der Waals surface area (Å²) >= 11 is 0. The normalized spacial score (nSPS) is 26.0. The highest BCUT2D eigenvalue weighted by atomic mass is 16.4. The van der Waals surface area contributed by atoms with Gasteiger partial charge in [0.2, 0.25) is 65.0 Å². The molecule has 0 aromatic rings. The van der Waals surface area contributed by atoms with Crippen molar-refractivity contribution in [1.82, 2.24) is 58.1 Å². The lowest BCUT2D eigenvalue weighted by molar-refractivity contribution is -0.153. The van der Waals surface area contributed by atoms with Gasteiger partial charge < -0.3 is 89.3 Å². The number of nitrogens with one attached hydrogen (secondary N) is 10. The van der Waals surface area contributed by atoms with Crippen LogP contribution in [0.2, 0.25) is 0 Å². The van der Waals surface area contributed by atoms with Crippen molar-refractivity contribution in [3.05, 3.63) is 37.0 Å². The van der Waals surface area contributed by atoms with E-state index < -0.39 is 198 Å². The SMILES string of the molecule is C=CC(C)CC/C=C\C=C\C(=O)N[C@H](C(=O)N[C@@H]1C(=O)N[C@H](C(C)C)C(=O)N[C@@H](CCCCN)C(=O)N[C@@H](C(O)C(=O)O)C(=O)N[C@@H](CC(=O)O)C(=O)NCC(=O)N[C@H](C(C)C(=O)O)C(=O)N[C@@H](C(C)C)C(=O)N2C[C@H](C)C[C@H]2C(=O)NC1C)C(C)C(=O)O. The number of aliphatic hydroxyl groups is 1. The van der Waals surface area contributed by atoms with E-state index in [1.165, 1.54) is 40.7 Å². The minimum atomic E-state index is -2.84. The Labute approximate surface area is 514 Å². The number of hydrogen-bond acceptors (Lipinski definition) is 17. The summed E-state index contributed by atoms with van der Waals surface area (Å²) < 4.78 is 0. The Morgan fingerprint density at radius 3 is 1.82 bits per heavy atom. The second kappa shape index (κ2) is 36.5. The van der Waals surface area contributed by atoms with E-state index in [1.807, 2.05) is 22.9 Å². The zero-order valence-corrected chi connectivity index (χ0v) is 51.4. The van der Waals surface area contributed by atoms with Gasteiger partial charge in [-0.1, -0.05) is 65.8 Å². The fourth-order valence-corrected chi connectivity index (χ4v) is 9.30. The van der Waals surface area contributed by atoms with Crippen LogP contribution in [0.3, 0.4) is 0 Å². The molecule has 32 nitrogen and oxygen atoms in total. The molecule has 32 heteroatoms. The molecule has 2 rings (SSSR count). The number of hydrogen-bond donors (Lipinski definition) is 16. The number of amides is 11. The maximum atomic E-state index is 14.8. The second-order valence-corrected chi connectivity index (χ2v) is 22.9. The largest absolute Gasteiger partial charge is 0.481 e. The summed E-state index contributed by atoms with van der Waals surface area (Å²) in [6.45, 7) is 15.4. The Kier molecular flexibility index (Phi) is 31.3. The van der Waals surface area contributed by atoms with Crippen LogP contribution in [0.5, 0.6) is 0 Å². The predicted molar refractivity (Wildman–Crippen MR) is 314 cm³/mol. The Morgan fingerprint density at radius 1 is 0.674 bits per heavy atom. The van der Waals surface area contributed by atoms with E-state index in [0.29, 0.717) is 6.42 Å². The van der Waals surface area contributed by atoms with Gasteiger partial charge in [0.15, 0.2) is 6.10 Å². The van der Waals surface area contributed by atoms with Crippen molar-refractivity contribution in [3.8, 4) is 0 Å². The number of nitrogens with zero attached hydrogens (tertiary/aromatic N) is 1. The molecule has 0 aromatic carbocycles. The van der Waals surface area contributed by atoms with Crippen LogP contribution in [-0.2, 0) is 71.9 Å². The lowest BCUT2D eigenvalue weighted by Crippen LogP contribution is -2.65. The summed E-state index contributed by atoms with van der Waals surface area (Å²) in [6, 6.07) is -18.6. The number of allylic oxidation sites excluding steroid dienone is 4. The molecule has 2 saturated heterocycles. The molecule has 0 saturated carbocycles. The number of rotatable bonds is 23. The van der Waals surface area contributed by atoms with Gasteiger partial charge in [-0.2, -0.15) is 0 Å². The molecule has 0 aromatic heterocycles. The first-order chi connectivity index (χ1) is 41.6. The van der Waals surface area contributed by atoms with Gasteiger partial charge in [-0.3, -0.25) is 67.1 Å². The van der Waals surface area contributed by atoms with Crippen molar-refractivity contribution in [2.75, 3.05) is 19.6 Å². The van der Waals surface area contributed by atoms with E-state index in [1.54, 1.807) is 25.2 Å². The van der Waals surface area contributed by atoms with Crippen LogP contribution in [-0.4, -0.2) is 205 Å². The van der Waals surface area contributed by atoms with Crippen molar-refractivity contribution in [3.63, 3.8) is 0 Å². The van der Waals surface area contributed by atoms with Gasteiger partial charge in [-0.05, 0) is 89.5 Å². The molecule has 5 unspecified atom stereocenters. The summed E-state index contributed by atoms with van der Waals surface area (Å²) in [4.78, 5) is 205. The number of carbonyl (C=O) groups excluding carboxylic acids is 11. The van der Waals surface area contributed by atoms with Gasteiger partial charge in [-0.25, -0.2) is 4.79 Å². The summed E-state index contributed by atoms with van der Waals surface area (Å²) in [7, 11) is 0. The number of aliphatic hydroxyl groups excluding tert-OH is 1. The maximum Gasteiger partial charge on any atom is 0.335 e. The van der Waals surface area contributed by atoms with Crippen LogP contribution in [0.15, 0.2) is 37.0 Å². The Bertz CT molecular complexity index is 2680. The number of unbranched alkanes of at least 4 members (excludes halogenated alkanes) is 1. The molecule has 0 radical (unpaired) electrons. The number of carbonyl (C=O) groups is 15. The number of aliphatic carboxylic acids is 4. The summed E-state index contributed by atoms with van der Waals surface area (Å²) in [6.07, 6.45) is 4.62. The number of carboxylic acids is 4. The summed E-state index contributed by atoms with van der Waals surface area (Å²) in [5.41, 5.74) is 5.69. The molecule has 2 aliphatic heterocycles. The van der Waals surface area contributed by atoms with Gasteiger partial charge >= 0.3 is 23.9 Å². The maximum absolute atomic E-state index is 14.8. The molecule has 11 amide bonds. The first-order valence-corrected chi connectivity index (χ1v) is 29.1. The molecule has 0 aliphatic carbocycles. The molecule has 496 valence electrons. The van der Waals surface area contributed by atoms with Gasteiger partial charge in [0, 0.05) is 12.6 Å². The third-order valence-electron chi connectivity index (χ3n) is 14.8. The van der Waals surface area contributed by atoms with E-state index in [9.17, 15) is 97.5 Å². The molecule has 2 fully saturated rings. The second-order valence-electron chi connectivity index (χ2n) is 22.9. The van der Waals surface area contributed by atoms with E-state index in [-0.39, 0.29) is 44.7 Å². The summed E-state index contributed by atoms with van der Waals surface area (Å²) in [5, 5.41) is 73.1. The van der Waals surface area contributed by atoms with E-state index in [0.717, 1.165) is 31.2 Å². The van der Waals surface area contributed by atoms with E-state index >= 15 is 0 Å². The van der Waals surface area contributed by atoms with Crippen LogP contribution in [0.1, 0.15) is 107 Å². The quantitative estimate of drug-likeness (QED) is 0.0202. The highest BCUT2D eigenvalue weighted by Crippen LogP contribution is 2.26. The lowest BCUT2D eigenvalue weighted by atomic mass is 9.97. The zero-order chi connectivity index (χ0) is 67.7. The number of nitrogens with two attached hydrogens (primary N) is 1. The fraction of sp³-hybridized carbons (Fsp3) is 0.632. The number of fused-ring (bicyclic) bond motifs is 1. The molecule has 0 spiro atoms. The van der Waals surface area contributed by atoms with Gasteiger partial charge in [-0.15, -0.1) is 6.58 Å². The molecule has 2 heterocycles. The third-order valence-corrected chi connectivity index (χ3v) is 14.8. The topological polar surface area (TPSA) is 507 Å². The molecule has 15 atom stereocenters. The predicted octanol–water partition coefficient (Wildman–Crippen LogP) is -3.75. The molecule has 2 aliphatic rings.